The lowest BCUT2D eigenvalue weighted by molar-refractivity contribution is 0.383. The molecule has 0 rings (SSSR count). The highest BCUT2D eigenvalue weighted by atomic mass is 32.2. The predicted octanol–water partition coefficient (Wildman–Crippen LogP) is 1.45. The average Bonchev–Trinajstić information content (AvgIpc) is 2.11. The van der Waals surface area contributed by atoms with Gasteiger partial charge in [0.15, 0.2) is 0 Å². The molecule has 1 N–H and O–H groups in total. The Labute approximate surface area is 86.8 Å². The van der Waals surface area contributed by atoms with Crippen molar-refractivity contribution in [2.75, 3.05) is 45.2 Å². The van der Waals surface area contributed by atoms with Crippen molar-refractivity contribution in [3.05, 3.63) is 12.2 Å². The Morgan fingerprint density at radius 2 is 2.23 bits per heavy atom. The minimum Gasteiger partial charge on any atom is -0.313 e. The van der Waals surface area contributed by atoms with Gasteiger partial charge in [-0.05, 0) is 25.4 Å². The summed E-state index contributed by atoms with van der Waals surface area (Å²) < 4.78 is 0. The van der Waals surface area contributed by atoms with E-state index in [-0.39, 0.29) is 0 Å². The molecule has 0 atom stereocenters. The third-order valence-corrected chi connectivity index (χ3v) is 2.39. The average molecular weight is 202 g/mol. The van der Waals surface area contributed by atoms with Crippen molar-refractivity contribution in [2.45, 2.75) is 6.92 Å². The minimum atomic E-state index is 0.945. The molecule has 3 heteroatoms. The molecule has 78 valence electrons. The van der Waals surface area contributed by atoms with Gasteiger partial charge in [0.2, 0.25) is 0 Å². The Morgan fingerprint density at radius 3 is 2.77 bits per heavy atom. The fourth-order valence-corrected chi connectivity index (χ4v) is 1.56. The van der Waals surface area contributed by atoms with Crippen molar-refractivity contribution in [2.24, 2.45) is 0 Å². The van der Waals surface area contributed by atoms with Crippen LogP contribution in [0.25, 0.3) is 0 Å². The number of rotatable bonds is 8. The highest BCUT2D eigenvalue weighted by molar-refractivity contribution is 7.98. The van der Waals surface area contributed by atoms with Gasteiger partial charge in [-0.3, -0.25) is 0 Å². The van der Waals surface area contributed by atoms with Crippen LogP contribution in [0.4, 0.5) is 0 Å². The minimum absolute atomic E-state index is 0.945. The molecule has 0 aliphatic rings. The lowest BCUT2D eigenvalue weighted by atomic mass is 10.3. The summed E-state index contributed by atoms with van der Waals surface area (Å²) in [5, 5.41) is 3.28. The van der Waals surface area contributed by atoms with Gasteiger partial charge in [0, 0.05) is 25.4 Å². The largest absolute Gasteiger partial charge is 0.313 e. The summed E-state index contributed by atoms with van der Waals surface area (Å²) in [6.45, 7) is 10.3. The van der Waals surface area contributed by atoms with Gasteiger partial charge in [-0.25, -0.2) is 0 Å². The second-order valence-electron chi connectivity index (χ2n) is 3.26. The Kier molecular flexibility index (Phi) is 8.61. The van der Waals surface area contributed by atoms with E-state index in [4.69, 9.17) is 0 Å². The molecule has 0 heterocycles. The molecular formula is C10H22N2S. The van der Waals surface area contributed by atoms with Crippen LogP contribution < -0.4 is 5.32 Å². The van der Waals surface area contributed by atoms with Crippen LogP contribution in [-0.2, 0) is 0 Å². The molecule has 0 amide bonds. The normalized spacial score (nSPS) is 10.8. The summed E-state index contributed by atoms with van der Waals surface area (Å²) >= 11 is 1.89. The molecule has 0 aromatic rings. The second kappa shape index (κ2) is 8.60. The first-order valence-electron chi connectivity index (χ1n) is 4.75. The number of hydrogen-bond donors (Lipinski definition) is 1. The molecule has 0 spiro atoms. The Hall–Kier alpha value is 0.0100. The molecule has 0 saturated carbocycles. The van der Waals surface area contributed by atoms with Gasteiger partial charge in [0.25, 0.3) is 0 Å². The van der Waals surface area contributed by atoms with Crippen LogP contribution in [0.5, 0.6) is 0 Å². The summed E-state index contributed by atoms with van der Waals surface area (Å²) in [5.41, 5.74) is 1.27. The third-order valence-electron chi connectivity index (χ3n) is 1.80. The van der Waals surface area contributed by atoms with Crippen molar-refractivity contribution in [3.63, 3.8) is 0 Å². The zero-order valence-corrected chi connectivity index (χ0v) is 9.91. The molecule has 0 aliphatic carbocycles. The molecule has 0 aliphatic heterocycles. The lowest BCUT2D eigenvalue weighted by Gasteiger charge is -2.17. The number of thioether (sulfide) groups is 1. The maximum atomic E-state index is 4.03. The first-order valence-corrected chi connectivity index (χ1v) is 6.15. The van der Waals surface area contributed by atoms with Crippen LogP contribution in [-0.4, -0.2) is 50.1 Å². The van der Waals surface area contributed by atoms with E-state index < -0.39 is 0 Å². The maximum absolute atomic E-state index is 4.03. The van der Waals surface area contributed by atoms with E-state index in [9.17, 15) is 0 Å². The van der Waals surface area contributed by atoms with E-state index in [1.165, 1.54) is 11.3 Å². The molecule has 0 unspecified atom stereocenters. The highest BCUT2D eigenvalue weighted by Gasteiger charge is 1.99. The van der Waals surface area contributed by atoms with Crippen LogP contribution in [0.15, 0.2) is 12.2 Å². The zero-order chi connectivity index (χ0) is 10.1. The van der Waals surface area contributed by atoms with E-state index in [1.54, 1.807) is 0 Å². The third kappa shape index (κ3) is 8.34. The first-order chi connectivity index (χ1) is 6.20. The molecule has 0 bridgehead atoms. The summed E-state index contributed by atoms with van der Waals surface area (Å²) in [6, 6.07) is 0. The highest BCUT2D eigenvalue weighted by Crippen LogP contribution is 1.96. The monoisotopic (exact) mass is 202 g/mol. The van der Waals surface area contributed by atoms with Gasteiger partial charge in [0.05, 0.1) is 0 Å². The summed E-state index contributed by atoms with van der Waals surface area (Å²) in [7, 11) is 2.15. The van der Waals surface area contributed by atoms with Crippen LogP contribution in [0, 0.1) is 0 Å². The lowest BCUT2D eigenvalue weighted by Crippen LogP contribution is -2.27. The van der Waals surface area contributed by atoms with Gasteiger partial charge in [0.1, 0.15) is 0 Å². The molecular weight excluding hydrogens is 180 g/mol. The summed E-state index contributed by atoms with van der Waals surface area (Å²) in [4.78, 5) is 2.32. The molecule has 2 nitrogen and oxygen atoms in total. The molecule has 0 aromatic heterocycles. The quantitative estimate of drug-likeness (QED) is 0.600. The van der Waals surface area contributed by atoms with E-state index in [0.29, 0.717) is 0 Å². The fourth-order valence-electron chi connectivity index (χ4n) is 1.07. The van der Waals surface area contributed by atoms with Crippen molar-refractivity contribution >= 4 is 11.8 Å². The number of nitrogens with one attached hydrogen (secondary N) is 1. The molecule has 0 aromatic carbocycles. The fraction of sp³-hybridized carbons (Fsp3) is 0.800. The van der Waals surface area contributed by atoms with Gasteiger partial charge in [-0.15, -0.1) is 0 Å². The number of likely N-dealkylation sites (N-methyl/N-ethyl adjacent to an activating group) is 2. The summed E-state index contributed by atoms with van der Waals surface area (Å²) in [6.07, 6.45) is 2.14. The van der Waals surface area contributed by atoms with Crippen LogP contribution in [0.3, 0.4) is 0 Å². The van der Waals surface area contributed by atoms with E-state index in [0.717, 1.165) is 26.2 Å². The SMILES string of the molecule is C=C(CNCC)CN(C)CCSC. The van der Waals surface area contributed by atoms with Crippen LogP contribution >= 0.6 is 11.8 Å². The number of hydrogen-bond acceptors (Lipinski definition) is 3. The standard InChI is InChI=1S/C10H22N2S/c1-5-11-8-10(2)9-12(3)6-7-13-4/h11H,2,5-9H2,1,3-4H3. The second-order valence-corrected chi connectivity index (χ2v) is 4.25. The maximum Gasteiger partial charge on any atom is 0.0200 e. The molecule has 0 fully saturated rings. The molecule has 0 radical (unpaired) electrons. The topological polar surface area (TPSA) is 15.3 Å². The zero-order valence-electron chi connectivity index (χ0n) is 9.10. The van der Waals surface area contributed by atoms with Crippen molar-refractivity contribution in [1.29, 1.82) is 0 Å². The Morgan fingerprint density at radius 1 is 1.54 bits per heavy atom. The Balaban J connectivity index is 3.41. The smallest absolute Gasteiger partial charge is 0.0200 e. The van der Waals surface area contributed by atoms with Gasteiger partial charge in [-0.1, -0.05) is 13.5 Å². The first kappa shape index (κ1) is 13.0. The van der Waals surface area contributed by atoms with E-state index in [2.05, 4.69) is 37.0 Å². The van der Waals surface area contributed by atoms with Crippen molar-refractivity contribution < 1.29 is 0 Å². The summed E-state index contributed by atoms with van der Waals surface area (Å²) in [5.74, 6) is 1.20. The molecule has 13 heavy (non-hydrogen) atoms. The van der Waals surface area contributed by atoms with Crippen LogP contribution in [0.2, 0.25) is 0 Å². The van der Waals surface area contributed by atoms with Gasteiger partial charge < -0.3 is 10.2 Å². The van der Waals surface area contributed by atoms with Crippen molar-refractivity contribution in [1.82, 2.24) is 10.2 Å². The van der Waals surface area contributed by atoms with E-state index in [1.807, 2.05) is 11.8 Å². The van der Waals surface area contributed by atoms with Gasteiger partial charge in [-0.2, -0.15) is 11.8 Å². The van der Waals surface area contributed by atoms with E-state index >= 15 is 0 Å². The Bertz CT molecular complexity index is 137. The number of nitrogens with zero attached hydrogens (tertiary/aromatic N) is 1. The van der Waals surface area contributed by atoms with Gasteiger partial charge >= 0.3 is 0 Å². The predicted molar refractivity (Wildman–Crippen MR) is 63.6 cm³/mol. The van der Waals surface area contributed by atoms with Crippen LogP contribution in [0.1, 0.15) is 6.92 Å². The van der Waals surface area contributed by atoms with Crippen molar-refractivity contribution in [3.8, 4) is 0 Å². The molecule has 0 saturated heterocycles.